The highest BCUT2D eigenvalue weighted by Gasteiger charge is 2.26. The van der Waals surface area contributed by atoms with E-state index in [1.165, 1.54) is 0 Å². The highest BCUT2D eigenvalue weighted by molar-refractivity contribution is 9.10. The van der Waals surface area contributed by atoms with Crippen LogP contribution in [0.5, 0.6) is 0 Å². The average Bonchev–Trinajstić information content (AvgIpc) is 2.60. The van der Waals surface area contributed by atoms with Crippen LogP contribution in [0.4, 0.5) is 0 Å². The summed E-state index contributed by atoms with van der Waals surface area (Å²) in [7, 11) is 1.74. The summed E-state index contributed by atoms with van der Waals surface area (Å²) in [5.74, 6) is -0.904. The van der Waals surface area contributed by atoms with Gasteiger partial charge in [0, 0.05) is 28.2 Å². The van der Waals surface area contributed by atoms with Crippen molar-refractivity contribution in [1.29, 1.82) is 0 Å². The molecule has 0 bridgehead atoms. The average molecular weight is 348 g/mol. The van der Waals surface area contributed by atoms with Gasteiger partial charge in [0.2, 0.25) is 5.91 Å². The van der Waals surface area contributed by atoms with Crippen molar-refractivity contribution >= 4 is 39.1 Å². The molecule has 4 nitrogen and oxygen atoms in total. The highest BCUT2D eigenvalue weighted by Crippen LogP contribution is 2.27. The highest BCUT2D eigenvalue weighted by atomic mass is 79.9. The van der Waals surface area contributed by atoms with Gasteiger partial charge in [-0.05, 0) is 27.4 Å². The van der Waals surface area contributed by atoms with Gasteiger partial charge in [0.1, 0.15) is 0 Å². The fourth-order valence-electron chi connectivity index (χ4n) is 1.77. The molecule has 1 aromatic heterocycles. The molecule has 1 rings (SSSR count). The van der Waals surface area contributed by atoms with E-state index in [0.717, 1.165) is 9.35 Å². The summed E-state index contributed by atoms with van der Waals surface area (Å²) in [5, 5.41) is 10.8. The third kappa shape index (κ3) is 5.74. The first-order valence-corrected chi connectivity index (χ1v) is 7.55. The Morgan fingerprint density at radius 2 is 2.05 bits per heavy atom. The van der Waals surface area contributed by atoms with Crippen molar-refractivity contribution in [2.45, 2.75) is 33.2 Å². The molecule has 1 aromatic rings. The Labute approximate surface area is 125 Å². The van der Waals surface area contributed by atoms with E-state index in [-0.39, 0.29) is 18.7 Å². The lowest BCUT2D eigenvalue weighted by Crippen LogP contribution is -2.31. The van der Waals surface area contributed by atoms with Gasteiger partial charge in [0.25, 0.3) is 0 Å². The Balaban J connectivity index is 2.55. The lowest BCUT2D eigenvalue weighted by atomic mass is 9.85. The first kappa shape index (κ1) is 16.2. The van der Waals surface area contributed by atoms with Crippen LogP contribution in [-0.4, -0.2) is 28.9 Å². The van der Waals surface area contributed by atoms with E-state index >= 15 is 0 Å². The zero-order valence-electron chi connectivity index (χ0n) is 11.3. The smallest absolute Gasteiger partial charge is 0.303 e. The zero-order chi connectivity index (χ0) is 14.6. The molecule has 0 fully saturated rings. The van der Waals surface area contributed by atoms with Crippen LogP contribution in [0.25, 0.3) is 0 Å². The summed E-state index contributed by atoms with van der Waals surface area (Å²) in [5.41, 5.74) is -0.521. The van der Waals surface area contributed by atoms with E-state index < -0.39 is 11.4 Å². The van der Waals surface area contributed by atoms with Crippen LogP contribution < -0.4 is 0 Å². The van der Waals surface area contributed by atoms with Crippen molar-refractivity contribution in [3.8, 4) is 0 Å². The Bertz CT molecular complexity index is 470. The molecule has 6 heteroatoms. The quantitative estimate of drug-likeness (QED) is 0.858. The molecule has 0 saturated carbocycles. The molecule has 1 heterocycles. The van der Waals surface area contributed by atoms with Crippen molar-refractivity contribution in [1.82, 2.24) is 4.90 Å². The monoisotopic (exact) mass is 347 g/mol. The van der Waals surface area contributed by atoms with E-state index in [4.69, 9.17) is 5.11 Å². The number of rotatable bonds is 6. The molecule has 0 radical (unpaired) electrons. The lowest BCUT2D eigenvalue weighted by Gasteiger charge is -2.25. The number of hydrogen-bond acceptors (Lipinski definition) is 3. The number of nitrogens with zero attached hydrogens (tertiary/aromatic N) is 1. The van der Waals surface area contributed by atoms with Crippen LogP contribution in [0.1, 0.15) is 31.6 Å². The Morgan fingerprint density at radius 3 is 2.53 bits per heavy atom. The Kier molecular flexibility index (Phi) is 5.55. The standard InChI is InChI=1S/C13H18BrNO3S/c1-13(2,6-12(17)18)5-11(16)15(3)7-10-4-9(14)8-19-10/h4,8H,5-7H2,1-3H3,(H,17,18). The predicted octanol–water partition coefficient (Wildman–Crippen LogP) is 3.36. The van der Waals surface area contributed by atoms with Gasteiger partial charge in [-0.25, -0.2) is 0 Å². The van der Waals surface area contributed by atoms with Crippen LogP contribution in [-0.2, 0) is 16.1 Å². The number of aliphatic carboxylic acids is 1. The first-order chi connectivity index (χ1) is 8.69. The van der Waals surface area contributed by atoms with E-state index in [2.05, 4.69) is 15.9 Å². The van der Waals surface area contributed by atoms with Crippen LogP contribution in [0.3, 0.4) is 0 Å². The predicted molar refractivity (Wildman–Crippen MR) is 79.1 cm³/mol. The van der Waals surface area contributed by atoms with E-state index in [0.29, 0.717) is 6.54 Å². The molecule has 0 atom stereocenters. The first-order valence-electron chi connectivity index (χ1n) is 5.88. The van der Waals surface area contributed by atoms with Crippen LogP contribution in [0, 0.1) is 5.41 Å². The number of carboxylic acids is 1. The Morgan fingerprint density at radius 1 is 1.42 bits per heavy atom. The van der Waals surface area contributed by atoms with E-state index in [1.807, 2.05) is 11.4 Å². The molecule has 19 heavy (non-hydrogen) atoms. The molecule has 0 saturated heterocycles. The molecule has 0 aliphatic carbocycles. The summed E-state index contributed by atoms with van der Waals surface area (Å²) in [6, 6.07) is 1.98. The lowest BCUT2D eigenvalue weighted by molar-refractivity contribution is -0.140. The van der Waals surface area contributed by atoms with Gasteiger partial charge >= 0.3 is 5.97 Å². The molecule has 1 amide bonds. The number of amides is 1. The summed E-state index contributed by atoms with van der Waals surface area (Å²) in [4.78, 5) is 25.5. The van der Waals surface area contributed by atoms with Crippen LogP contribution >= 0.6 is 27.3 Å². The van der Waals surface area contributed by atoms with E-state index in [9.17, 15) is 9.59 Å². The van der Waals surface area contributed by atoms with Crippen molar-refractivity contribution in [3.63, 3.8) is 0 Å². The molecule has 0 aromatic carbocycles. The molecule has 0 aliphatic heterocycles. The maximum atomic E-state index is 12.1. The van der Waals surface area contributed by atoms with Crippen molar-refractivity contribution in [3.05, 3.63) is 20.8 Å². The molecule has 0 unspecified atom stereocenters. The van der Waals surface area contributed by atoms with Crippen molar-refractivity contribution in [2.24, 2.45) is 5.41 Å². The fraction of sp³-hybridized carbons (Fsp3) is 0.538. The molecule has 106 valence electrons. The van der Waals surface area contributed by atoms with Gasteiger partial charge in [-0.15, -0.1) is 11.3 Å². The molecule has 1 N–H and O–H groups in total. The fourth-order valence-corrected chi connectivity index (χ4v) is 3.28. The second-order valence-corrected chi connectivity index (χ2v) is 7.30. The third-order valence-corrected chi connectivity index (χ3v) is 4.38. The van der Waals surface area contributed by atoms with Gasteiger partial charge in [-0.3, -0.25) is 9.59 Å². The normalized spacial score (nSPS) is 11.4. The van der Waals surface area contributed by atoms with Crippen molar-refractivity contribution < 1.29 is 14.7 Å². The number of thiophene rings is 1. The van der Waals surface area contributed by atoms with E-state index in [1.54, 1.807) is 37.1 Å². The molecular weight excluding hydrogens is 330 g/mol. The zero-order valence-corrected chi connectivity index (χ0v) is 13.7. The van der Waals surface area contributed by atoms with Gasteiger partial charge in [0.05, 0.1) is 13.0 Å². The van der Waals surface area contributed by atoms with Crippen LogP contribution in [0.2, 0.25) is 0 Å². The topological polar surface area (TPSA) is 57.6 Å². The maximum absolute atomic E-state index is 12.1. The van der Waals surface area contributed by atoms with Gasteiger partial charge in [0.15, 0.2) is 0 Å². The molecular formula is C13H18BrNO3S. The SMILES string of the molecule is CN(Cc1cc(Br)cs1)C(=O)CC(C)(C)CC(=O)O. The van der Waals surface area contributed by atoms with Gasteiger partial charge in [-0.1, -0.05) is 13.8 Å². The summed E-state index contributed by atoms with van der Waals surface area (Å²) in [6.07, 6.45) is 0.236. The van der Waals surface area contributed by atoms with Gasteiger partial charge in [-0.2, -0.15) is 0 Å². The van der Waals surface area contributed by atoms with Crippen LogP contribution in [0.15, 0.2) is 15.9 Å². The number of carboxylic acid groups (broad SMARTS) is 1. The number of carbonyl (C=O) groups excluding carboxylic acids is 1. The summed E-state index contributed by atoms with van der Waals surface area (Å²) in [6.45, 7) is 4.15. The summed E-state index contributed by atoms with van der Waals surface area (Å²) < 4.78 is 1.01. The molecule has 0 spiro atoms. The van der Waals surface area contributed by atoms with Crippen molar-refractivity contribution in [2.75, 3.05) is 7.05 Å². The minimum absolute atomic E-state index is 0.00285. The second kappa shape index (κ2) is 6.52. The third-order valence-electron chi connectivity index (χ3n) is 2.70. The summed E-state index contributed by atoms with van der Waals surface area (Å²) >= 11 is 4.97. The number of hydrogen-bond donors (Lipinski definition) is 1. The second-order valence-electron chi connectivity index (χ2n) is 5.39. The minimum atomic E-state index is -0.873. The number of carbonyl (C=O) groups is 2. The maximum Gasteiger partial charge on any atom is 0.303 e. The largest absolute Gasteiger partial charge is 0.481 e. The molecule has 0 aliphatic rings. The Hall–Kier alpha value is -0.880. The van der Waals surface area contributed by atoms with Gasteiger partial charge < -0.3 is 10.0 Å². The minimum Gasteiger partial charge on any atom is -0.481 e. The number of halogens is 1.